The summed E-state index contributed by atoms with van der Waals surface area (Å²) in [4.78, 5) is 15.9. The van der Waals surface area contributed by atoms with E-state index in [0.29, 0.717) is 17.5 Å². The third kappa shape index (κ3) is 5.22. The minimum atomic E-state index is 0.638. The Balaban J connectivity index is 1.10. The SMILES string of the molecule is c1ccc(-c2cccc(-n3c4ccccc4c4ccc(-c5nc(-c6ccc7sc8ccccc8c7c6)nc(-c6cccc7sc8ccccc8c67)n5)cc43)c2)cc1. The highest BCUT2D eigenvalue weighted by atomic mass is 32.1. The fourth-order valence-corrected chi connectivity index (χ4v) is 10.6. The van der Waals surface area contributed by atoms with E-state index in [2.05, 4.69) is 187 Å². The summed E-state index contributed by atoms with van der Waals surface area (Å²) >= 11 is 3.62. The highest BCUT2D eigenvalue weighted by molar-refractivity contribution is 7.26. The lowest BCUT2D eigenvalue weighted by atomic mass is 10.0. The lowest BCUT2D eigenvalue weighted by Crippen LogP contribution is -2.01. The molecule has 8 aromatic carbocycles. The van der Waals surface area contributed by atoms with Crippen LogP contribution in [0, 0.1) is 0 Å². The Kier molecular flexibility index (Phi) is 7.24. The molecular formula is C51H30N4S2. The normalized spacial score (nSPS) is 11.9. The van der Waals surface area contributed by atoms with Gasteiger partial charge in [0.25, 0.3) is 0 Å². The summed E-state index contributed by atoms with van der Waals surface area (Å²) in [6, 6.07) is 65.0. The second kappa shape index (κ2) is 12.8. The van der Waals surface area contributed by atoms with Crippen molar-refractivity contribution in [3.63, 3.8) is 0 Å². The van der Waals surface area contributed by atoms with Gasteiger partial charge in [0.1, 0.15) is 0 Å². The molecule has 6 heteroatoms. The molecule has 0 amide bonds. The lowest BCUT2D eigenvalue weighted by Gasteiger charge is -2.12. The molecule has 0 fully saturated rings. The second-order valence-electron chi connectivity index (χ2n) is 14.4. The van der Waals surface area contributed by atoms with Crippen molar-refractivity contribution in [1.29, 1.82) is 0 Å². The van der Waals surface area contributed by atoms with E-state index in [0.717, 1.165) is 33.4 Å². The average molecular weight is 763 g/mol. The number of thiophene rings is 2. The first-order chi connectivity index (χ1) is 28.2. The van der Waals surface area contributed by atoms with Gasteiger partial charge in [0, 0.05) is 73.5 Å². The molecule has 0 N–H and O–H groups in total. The van der Waals surface area contributed by atoms with Crippen LogP contribution in [0.3, 0.4) is 0 Å². The third-order valence-electron chi connectivity index (χ3n) is 11.1. The molecule has 4 heterocycles. The largest absolute Gasteiger partial charge is 0.309 e. The average Bonchev–Trinajstić information content (AvgIpc) is 3.96. The van der Waals surface area contributed by atoms with Gasteiger partial charge in [0.2, 0.25) is 0 Å². The summed E-state index contributed by atoms with van der Waals surface area (Å²) in [5, 5.41) is 7.23. The first kappa shape index (κ1) is 32.3. The molecule has 266 valence electrons. The number of benzene rings is 8. The summed E-state index contributed by atoms with van der Waals surface area (Å²) in [5.74, 6) is 1.95. The van der Waals surface area contributed by atoms with Crippen molar-refractivity contribution in [2.24, 2.45) is 0 Å². The number of rotatable bonds is 5. The highest BCUT2D eigenvalue weighted by Gasteiger charge is 2.20. The molecule has 0 unspecified atom stereocenters. The van der Waals surface area contributed by atoms with Crippen molar-refractivity contribution in [2.75, 3.05) is 0 Å². The van der Waals surface area contributed by atoms with Crippen LogP contribution < -0.4 is 0 Å². The molecule has 0 aliphatic carbocycles. The van der Waals surface area contributed by atoms with E-state index in [9.17, 15) is 0 Å². The standard InChI is InChI=1S/C51H30N4S2/c1-2-12-31(13-3-1)32-14-10-15-35(28-32)55-42-20-7-4-16-36(42)37-26-24-34(30-43(37)55)50-52-49(33-25-27-46-41(29-33)38-17-5-8-21-44(38)56-46)53-51(54-50)40-19-11-23-47-48(40)39-18-6-9-22-45(39)57-47/h1-30H. The van der Waals surface area contributed by atoms with Gasteiger partial charge in [0.15, 0.2) is 17.5 Å². The van der Waals surface area contributed by atoms with Gasteiger partial charge in [-0.3, -0.25) is 0 Å². The van der Waals surface area contributed by atoms with E-state index < -0.39 is 0 Å². The van der Waals surface area contributed by atoms with Crippen LogP contribution >= 0.6 is 22.7 Å². The molecular weight excluding hydrogens is 733 g/mol. The predicted octanol–water partition coefficient (Wildman–Crippen LogP) is 14.4. The van der Waals surface area contributed by atoms with E-state index >= 15 is 0 Å². The minimum absolute atomic E-state index is 0.638. The van der Waals surface area contributed by atoms with Gasteiger partial charge >= 0.3 is 0 Å². The Morgan fingerprint density at radius 1 is 0.333 bits per heavy atom. The number of hydrogen-bond acceptors (Lipinski definition) is 5. The molecule has 4 nitrogen and oxygen atoms in total. The Morgan fingerprint density at radius 2 is 0.930 bits per heavy atom. The Morgan fingerprint density at radius 3 is 1.79 bits per heavy atom. The molecule has 0 saturated heterocycles. The molecule has 4 aromatic heterocycles. The van der Waals surface area contributed by atoms with Crippen LogP contribution in [0.15, 0.2) is 182 Å². The van der Waals surface area contributed by atoms with Gasteiger partial charge < -0.3 is 4.57 Å². The maximum atomic E-state index is 5.33. The van der Waals surface area contributed by atoms with Gasteiger partial charge in [-0.25, -0.2) is 15.0 Å². The maximum Gasteiger partial charge on any atom is 0.164 e. The molecule has 0 saturated carbocycles. The molecule has 0 aliphatic rings. The number of aromatic nitrogens is 4. The fraction of sp³-hybridized carbons (Fsp3) is 0. The summed E-state index contributed by atoms with van der Waals surface area (Å²) in [7, 11) is 0. The monoisotopic (exact) mass is 762 g/mol. The van der Waals surface area contributed by atoms with Crippen molar-refractivity contribution >= 4 is 84.8 Å². The number of nitrogens with zero attached hydrogens (tertiary/aromatic N) is 4. The Bertz CT molecular complexity index is 3540. The van der Waals surface area contributed by atoms with Gasteiger partial charge in [0.05, 0.1) is 11.0 Å². The molecule has 12 aromatic rings. The first-order valence-corrected chi connectivity index (χ1v) is 20.6. The van der Waals surface area contributed by atoms with E-state index in [-0.39, 0.29) is 0 Å². The van der Waals surface area contributed by atoms with Crippen LogP contribution in [-0.2, 0) is 0 Å². The predicted molar refractivity (Wildman–Crippen MR) is 242 cm³/mol. The molecule has 0 bridgehead atoms. The number of para-hydroxylation sites is 1. The Labute approximate surface area is 335 Å². The van der Waals surface area contributed by atoms with Crippen LogP contribution in [0.4, 0.5) is 0 Å². The van der Waals surface area contributed by atoms with E-state index in [1.165, 1.54) is 62.2 Å². The van der Waals surface area contributed by atoms with Crippen molar-refractivity contribution in [3.8, 4) is 51.0 Å². The van der Waals surface area contributed by atoms with Crippen molar-refractivity contribution in [2.45, 2.75) is 0 Å². The van der Waals surface area contributed by atoms with E-state index in [1.54, 1.807) is 11.3 Å². The summed E-state index contributed by atoms with van der Waals surface area (Å²) < 4.78 is 7.36. The third-order valence-corrected chi connectivity index (χ3v) is 13.3. The zero-order valence-electron chi connectivity index (χ0n) is 30.4. The van der Waals surface area contributed by atoms with Gasteiger partial charge in [-0.1, -0.05) is 121 Å². The Hall–Kier alpha value is -6.99. The fourth-order valence-electron chi connectivity index (χ4n) is 8.42. The molecule has 0 atom stereocenters. The van der Waals surface area contributed by atoms with Crippen molar-refractivity contribution < 1.29 is 0 Å². The summed E-state index contributed by atoms with van der Waals surface area (Å²) in [6.45, 7) is 0. The van der Waals surface area contributed by atoms with Crippen molar-refractivity contribution in [1.82, 2.24) is 19.5 Å². The molecule has 0 radical (unpaired) electrons. The lowest BCUT2D eigenvalue weighted by molar-refractivity contribution is 1.08. The quantitative estimate of drug-likeness (QED) is 0.175. The smallest absolute Gasteiger partial charge is 0.164 e. The first-order valence-electron chi connectivity index (χ1n) is 19.0. The van der Waals surface area contributed by atoms with Crippen LogP contribution in [0.1, 0.15) is 0 Å². The van der Waals surface area contributed by atoms with E-state index in [1.807, 2.05) is 11.3 Å². The highest BCUT2D eigenvalue weighted by Crippen LogP contribution is 2.41. The zero-order valence-corrected chi connectivity index (χ0v) is 32.1. The second-order valence-corrected chi connectivity index (χ2v) is 16.6. The van der Waals surface area contributed by atoms with Gasteiger partial charge in [-0.05, 0) is 71.8 Å². The molecule has 12 rings (SSSR count). The summed E-state index contributed by atoms with van der Waals surface area (Å²) in [5.41, 5.74) is 8.61. The molecule has 0 spiro atoms. The topological polar surface area (TPSA) is 43.6 Å². The van der Waals surface area contributed by atoms with Gasteiger partial charge in [-0.15, -0.1) is 22.7 Å². The minimum Gasteiger partial charge on any atom is -0.309 e. The van der Waals surface area contributed by atoms with E-state index in [4.69, 9.17) is 15.0 Å². The molecule has 57 heavy (non-hydrogen) atoms. The van der Waals surface area contributed by atoms with Crippen molar-refractivity contribution in [3.05, 3.63) is 182 Å². The van der Waals surface area contributed by atoms with Crippen LogP contribution in [-0.4, -0.2) is 19.5 Å². The molecule has 0 aliphatic heterocycles. The van der Waals surface area contributed by atoms with Crippen LogP contribution in [0.2, 0.25) is 0 Å². The maximum absolute atomic E-state index is 5.33. The number of fused-ring (bicyclic) bond motifs is 9. The van der Waals surface area contributed by atoms with Crippen LogP contribution in [0.25, 0.3) is 113 Å². The van der Waals surface area contributed by atoms with Gasteiger partial charge in [-0.2, -0.15) is 0 Å². The van der Waals surface area contributed by atoms with Crippen LogP contribution in [0.5, 0.6) is 0 Å². The number of hydrogen-bond donors (Lipinski definition) is 0. The summed E-state index contributed by atoms with van der Waals surface area (Å²) in [6.07, 6.45) is 0. The zero-order chi connectivity index (χ0) is 37.5.